The number of carbonyl (C=O) groups is 2. The highest BCUT2D eigenvalue weighted by atomic mass is 16.2. The molecule has 0 bridgehead atoms. The van der Waals surface area contributed by atoms with Crippen molar-refractivity contribution in [3.63, 3.8) is 0 Å². The van der Waals surface area contributed by atoms with E-state index in [0.29, 0.717) is 41.1 Å². The minimum atomic E-state index is -0.161. The quantitative estimate of drug-likeness (QED) is 0.0990. The van der Waals surface area contributed by atoms with Crippen molar-refractivity contribution in [1.82, 2.24) is 5.32 Å². The SMILES string of the molecule is CNC(=O)CCCCCCCCC(=O)Nc1cc(/C(C)=N/N=C(N)N)cc(/C(C)=N/N=C(N)N)c1. The van der Waals surface area contributed by atoms with Gasteiger partial charge in [0.15, 0.2) is 0 Å². The Morgan fingerprint density at radius 2 is 1.11 bits per heavy atom. The second-order valence-electron chi connectivity index (χ2n) is 8.06. The van der Waals surface area contributed by atoms with Crippen molar-refractivity contribution in [1.29, 1.82) is 0 Å². The zero-order valence-electron chi connectivity index (χ0n) is 20.8. The van der Waals surface area contributed by atoms with Gasteiger partial charge in [-0.3, -0.25) is 9.59 Å². The number of anilines is 1. The van der Waals surface area contributed by atoms with Gasteiger partial charge in [0.1, 0.15) is 0 Å². The van der Waals surface area contributed by atoms with Crippen LogP contribution in [0.1, 0.15) is 76.3 Å². The molecule has 0 radical (unpaired) electrons. The molecule has 0 unspecified atom stereocenters. The summed E-state index contributed by atoms with van der Waals surface area (Å²) in [6.45, 7) is 3.49. The average Bonchev–Trinajstić information content (AvgIpc) is 2.81. The van der Waals surface area contributed by atoms with E-state index in [1.807, 2.05) is 6.07 Å². The van der Waals surface area contributed by atoms with Crippen LogP contribution in [0.3, 0.4) is 0 Å². The number of amides is 2. The van der Waals surface area contributed by atoms with E-state index in [2.05, 4.69) is 31.0 Å². The summed E-state index contributed by atoms with van der Waals surface area (Å²) in [5, 5.41) is 20.9. The molecule has 12 nitrogen and oxygen atoms in total. The minimum Gasteiger partial charge on any atom is -0.369 e. The standard InChI is InChI=1S/C23H38N10O2/c1-15(30-32-22(24)25)17-12-18(16(2)31-33-23(26)27)14-19(13-17)29-21(35)11-9-7-5-4-6-8-10-20(34)28-3/h12-14H,4-11H2,1-3H3,(H,28,34)(H,29,35)(H4,24,25,32)(H4,26,27,33)/b30-15+,31-16+. The van der Waals surface area contributed by atoms with Crippen molar-refractivity contribution in [3.05, 3.63) is 29.3 Å². The minimum absolute atomic E-state index is 0.0734. The third-order valence-corrected chi connectivity index (χ3v) is 5.02. The number of nitrogens with two attached hydrogens (primary N) is 4. The van der Waals surface area contributed by atoms with Crippen molar-refractivity contribution in [2.45, 2.75) is 65.2 Å². The summed E-state index contributed by atoms with van der Waals surface area (Å²) >= 11 is 0. The Bertz CT molecular complexity index is 922. The van der Waals surface area contributed by atoms with Gasteiger partial charge in [0.25, 0.3) is 0 Å². The molecule has 0 aliphatic carbocycles. The molecule has 0 fully saturated rings. The summed E-state index contributed by atoms with van der Waals surface area (Å²) in [5.74, 6) is -0.341. The molecule has 192 valence electrons. The second-order valence-corrected chi connectivity index (χ2v) is 8.06. The Morgan fingerprint density at radius 1 is 0.686 bits per heavy atom. The summed E-state index contributed by atoms with van der Waals surface area (Å²) < 4.78 is 0. The highest BCUT2D eigenvalue weighted by Gasteiger charge is 2.10. The van der Waals surface area contributed by atoms with Gasteiger partial charge in [0.05, 0.1) is 11.4 Å². The Kier molecular flexibility index (Phi) is 13.1. The van der Waals surface area contributed by atoms with Crippen LogP contribution < -0.4 is 33.6 Å². The van der Waals surface area contributed by atoms with E-state index in [-0.39, 0.29) is 23.7 Å². The van der Waals surface area contributed by atoms with Crippen molar-refractivity contribution in [2.75, 3.05) is 12.4 Å². The Balaban J connectivity index is 2.78. The van der Waals surface area contributed by atoms with Crippen LogP contribution in [-0.4, -0.2) is 42.2 Å². The number of nitrogens with zero attached hydrogens (tertiary/aromatic N) is 4. The topological polar surface area (TPSA) is 212 Å². The molecule has 0 aromatic heterocycles. The monoisotopic (exact) mass is 486 g/mol. The first kappa shape index (κ1) is 29.1. The highest BCUT2D eigenvalue weighted by molar-refractivity contribution is 6.06. The average molecular weight is 487 g/mol. The van der Waals surface area contributed by atoms with Crippen LogP contribution in [0, 0.1) is 0 Å². The molecule has 0 saturated heterocycles. The molecule has 0 heterocycles. The highest BCUT2D eigenvalue weighted by Crippen LogP contribution is 2.18. The fourth-order valence-electron chi connectivity index (χ4n) is 3.13. The zero-order valence-corrected chi connectivity index (χ0v) is 20.8. The number of hydrogen-bond donors (Lipinski definition) is 6. The van der Waals surface area contributed by atoms with Crippen molar-refractivity contribution >= 4 is 40.8 Å². The summed E-state index contributed by atoms with van der Waals surface area (Å²) in [7, 11) is 1.65. The number of benzene rings is 1. The Morgan fingerprint density at radius 3 is 1.54 bits per heavy atom. The van der Waals surface area contributed by atoms with Gasteiger partial charge in [0, 0.05) is 36.7 Å². The van der Waals surface area contributed by atoms with E-state index in [0.717, 1.165) is 38.5 Å². The molecule has 0 spiro atoms. The van der Waals surface area contributed by atoms with Crippen molar-refractivity contribution in [3.8, 4) is 0 Å². The van der Waals surface area contributed by atoms with E-state index in [1.165, 1.54) is 0 Å². The van der Waals surface area contributed by atoms with Crippen LogP contribution in [0.15, 0.2) is 38.6 Å². The molecule has 0 aliphatic heterocycles. The molecule has 1 aromatic carbocycles. The maximum atomic E-state index is 12.5. The lowest BCUT2D eigenvalue weighted by Gasteiger charge is -2.11. The van der Waals surface area contributed by atoms with Gasteiger partial charge >= 0.3 is 0 Å². The summed E-state index contributed by atoms with van der Waals surface area (Å²) in [4.78, 5) is 23.7. The smallest absolute Gasteiger partial charge is 0.224 e. The molecular formula is C23H38N10O2. The van der Waals surface area contributed by atoms with Crippen molar-refractivity contribution < 1.29 is 9.59 Å². The molecular weight excluding hydrogens is 448 g/mol. The molecule has 0 aliphatic rings. The fraction of sp³-hybridized carbons (Fsp3) is 0.478. The zero-order chi connectivity index (χ0) is 26.2. The van der Waals surface area contributed by atoms with Gasteiger partial charge < -0.3 is 33.6 Å². The predicted octanol–water partition coefficient (Wildman–Crippen LogP) is 1.49. The molecule has 10 N–H and O–H groups in total. The molecule has 0 atom stereocenters. The lowest BCUT2D eigenvalue weighted by molar-refractivity contribution is -0.120. The molecule has 2 amide bonds. The van der Waals surface area contributed by atoms with E-state index < -0.39 is 0 Å². The van der Waals surface area contributed by atoms with Gasteiger partial charge in [-0.2, -0.15) is 10.2 Å². The summed E-state index contributed by atoms with van der Waals surface area (Å²) in [6.07, 6.45) is 6.67. The molecule has 1 rings (SSSR count). The lowest BCUT2D eigenvalue weighted by atomic mass is 10.0. The first-order valence-electron chi connectivity index (χ1n) is 11.5. The largest absolute Gasteiger partial charge is 0.369 e. The number of nitrogens with one attached hydrogen (secondary N) is 2. The van der Waals surface area contributed by atoms with E-state index in [9.17, 15) is 9.59 Å². The van der Waals surface area contributed by atoms with Gasteiger partial charge in [-0.1, -0.05) is 25.7 Å². The fourth-order valence-corrected chi connectivity index (χ4v) is 3.13. The Labute approximate surface area is 206 Å². The van der Waals surface area contributed by atoms with Gasteiger partial charge in [-0.05, 0) is 44.9 Å². The molecule has 35 heavy (non-hydrogen) atoms. The maximum absolute atomic E-state index is 12.5. The summed E-state index contributed by atoms with van der Waals surface area (Å²) in [5.41, 5.74) is 24.5. The third kappa shape index (κ3) is 12.8. The lowest BCUT2D eigenvalue weighted by Crippen LogP contribution is -2.22. The molecule has 1 aromatic rings. The normalized spacial score (nSPS) is 11.5. The van der Waals surface area contributed by atoms with Crippen LogP contribution >= 0.6 is 0 Å². The number of carbonyl (C=O) groups excluding carboxylic acids is 2. The second kappa shape index (κ2) is 15.8. The number of guanidine groups is 2. The van der Waals surface area contributed by atoms with Gasteiger partial charge in [-0.25, -0.2) is 0 Å². The number of rotatable bonds is 14. The van der Waals surface area contributed by atoms with Crippen molar-refractivity contribution in [2.24, 2.45) is 43.3 Å². The van der Waals surface area contributed by atoms with E-state index in [4.69, 9.17) is 22.9 Å². The summed E-state index contributed by atoms with van der Waals surface area (Å²) in [6, 6.07) is 5.38. The van der Waals surface area contributed by atoms with Crippen LogP contribution in [0.25, 0.3) is 0 Å². The van der Waals surface area contributed by atoms with E-state index >= 15 is 0 Å². The number of unbranched alkanes of at least 4 members (excludes halogenated alkanes) is 5. The maximum Gasteiger partial charge on any atom is 0.224 e. The molecule has 12 heteroatoms. The van der Waals surface area contributed by atoms with Gasteiger partial charge in [0.2, 0.25) is 23.7 Å². The van der Waals surface area contributed by atoms with Crippen LogP contribution in [-0.2, 0) is 9.59 Å². The Hall–Kier alpha value is -3.96. The number of hydrogen-bond acceptors (Lipinski definition) is 6. The van der Waals surface area contributed by atoms with Crippen LogP contribution in [0.4, 0.5) is 5.69 Å². The van der Waals surface area contributed by atoms with Crippen LogP contribution in [0.5, 0.6) is 0 Å². The molecule has 0 saturated carbocycles. The first-order valence-corrected chi connectivity index (χ1v) is 11.5. The first-order chi connectivity index (χ1) is 16.6. The third-order valence-electron chi connectivity index (χ3n) is 5.02. The van der Waals surface area contributed by atoms with Gasteiger partial charge in [-0.15, -0.1) is 10.2 Å². The van der Waals surface area contributed by atoms with Crippen LogP contribution in [0.2, 0.25) is 0 Å². The van der Waals surface area contributed by atoms with E-state index in [1.54, 1.807) is 33.0 Å². The predicted molar refractivity (Wildman–Crippen MR) is 142 cm³/mol.